The van der Waals surface area contributed by atoms with E-state index >= 15 is 0 Å². The second-order valence-corrected chi connectivity index (χ2v) is 7.10. The van der Waals surface area contributed by atoms with Crippen molar-refractivity contribution in [1.82, 2.24) is 15.0 Å². The number of aryl methyl sites for hydroxylation is 2. The zero-order chi connectivity index (χ0) is 19.5. The van der Waals surface area contributed by atoms with Gasteiger partial charge >= 0.3 is 0 Å². The number of nitrogens with zero attached hydrogens (tertiary/aromatic N) is 4. The van der Waals surface area contributed by atoms with Crippen LogP contribution in [-0.2, 0) is 33.6 Å². The van der Waals surface area contributed by atoms with Crippen LogP contribution in [0.3, 0.4) is 0 Å². The first kappa shape index (κ1) is 18.6. The van der Waals surface area contributed by atoms with Crippen LogP contribution in [0.1, 0.15) is 30.6 Å². The first-order valence-corrected chi connectivity index (χ1v) is 9.73. The van der Waals surface area contributed by atoms with E-state index in [1.165, 1.54) is 0 Å². The largest absolute Gasteiger partial charge is 0.374 e. The van der Waals surface area contributed by atoms with Crippen molar-refractivity contribution in [2.75, 3.05) is 31.1 Å². The Hall–Kier alpha value is -2.74. The molecule has 1 aromatic carbocycles. The molecule has 1 aromatic heterocycles. The molecule has 0 saturated carbocycles. The Labute approximate surface area is 163 Å². The highest BCUT2D eigenvalue weighted by molar-refractivity contribution is 6.01. The molecule has 8 nitrogen and oxygen atoms in total. The van der Waals surface area contributed by atoms with Crippen molar-refractivity contribution in [3.8, 4) is 0 Å². The SMILES string of the molecule is CCc1nc(CC2CN(C(=O)CN3C(=O)CCc4ccccc43)CCO2)no1. The summed E-state index contributed by atoms with van der Waals surface area (Å²) in [5.74, 6) is 1.12. The lowest BCUT2D eigenvalue weighted by Gasteiger charge is -2.35. The number of hydrogen-bond acceptors (Lipinski definition) is 6. The lowest BCUT2D eigenvalue weighted by Crippen LogP contribution is -2.51. The molecular formula is C20H24N4O4. The summed E-state index contributed by atoms with van der Waals surface area (Å²) < 4.78 is 10.9. The smallest absolute Gasteiger partial charge is 0.242 e. The van der Waals surface area contributed by atoms with E-state index in [0.29, 0.717) is 50.7 Å². The minimum absolute atomic E-state index is 0.00393. The van der Waals surface area contributed by atoms with Crippen LogP contribution in [0.15, 0.2) is 28.8 Å². The van der Waals surface area contributed by atoms with Gasteiger partial charge < -0.3 is 19.1 Å². The molecule has 8 heteroatoms. The quantitative estimate of drug-likeness (QED) is 0.774. The standard InChI is InChI=1S/C20H24N4O4/c1-2-18-21-17(22-28-18)11-15-12-23(9-10-27-15)20(26)13-24-16-6-4-3-5-14(16)7-8-19(24)25/h3-6,15H,2,7-13H2,1H3. The van der Waals surface area contributed by atoms with Crippen LogP contribution in [0.2, 0.25) is 0 Å². The second-order valence-electron chi connectivity index (χ2n) is 7.10. The fourth-order valence-corrected chi connectivity index (χ4v) is 3.69. The molecule has 148 valence electrons. The lowest BCUT2D eigenvalue weighted by molar-refractivity contribution is -0.138. The first-order valence-electron chi connectivity index (χ1n) is 9.73. The molecule has 1 saturated heterocycles. The fraction of sp³-hybridized carbons (Fsp3) is 0.500. The number of ether oxygens (including phenoxy) is 1. The zero-order valence-electron chi connectivity index (χ0n) is 16.0. The number of amides is 2. The normalized spacial score (nSPS) is 19.6. The molecule has 0 aliphatic carbocycles. The van der Waals surface area contributed by atoms with Gasteiger partial charge in [0.05, 0.1) is 12.7 Å². The molecule has 2 aromatic rings. The monoisotopic (exact) mass is 384 g/mol. The second kappa shape index (κ2) is 8.10. The summed E-state index contributed by atoms with van der Waals surface area (Å²) in [6.45, 7) is 3.45. The van der Waals surface area contributed by atoms with E-state index in [1.807, 2.05) is 31.2 Å². The van der Waals surface area contributed by atoms with Crippen LogP contribution in [0.4, 0.5) is 5.69 Å². The Morgan fingerprint density at radius 3 is 2.96 bits per heavy atom. The molecule has 1 fully saturated rings. The summed E-state index contributed by atoms with van der Waals surface area (Å²) >= 11 is 0. The lowest BCUT2D eigenvalue weighted by atomic mass is 10.0. The highest BCUT2D eigenvalue weighted by Crippen LogP contribution is 2.27. The number of anilines is 1. The van der Waals surface area contributed by atoms with Crippen molar-refractivity contribution in [3.05, 3.63) is 41.5 Å². The average Bonchev–Trinajstić information content (AvgIpc) is 3.18. The number of morpholine rings is 1. The number of fused-ring (bicyclic) bond motifs is 1. The van der Waals surface area contributed by atoms with Crippen LogP contribution >= 0.6 is 0 Å². The van der Waals surface area contributed by atoms with Crippen LogP contribution in [0, 0.1) is 0 Å². The van der Waals surface area contributed by atoms with E-state index in [-0.39, 0.29) is 24.5 Å². The van der Waals surface area contributed by atoms with Crippen molar-refractivity contribution < 1.29 is 18.8 Å². The van der Waals surface area contributed by atoms with Gasteiger partial charge in [-0.3, -0.25) is 9.59 Å². The molecule has 0 N–H and O–H groups in total. The minimum Gasteiger partial charge on any atom is -0.374 e. The molecule has 1 unspecified atom stereocenters. The van der Waals surface area contributed by atoms with Gasteiger partial charge in [-0.2, -0.15) is 4.98 Å². The number of para-hydroxylation sites is 1. The first-order chi connectivity index (χ1) is 13.6. The number of benzene rings is 1. The zero-order valence-corrected chi connectivity index (χ0v) is 16.0. The number of carbonyl (C=O) groups is 2. The van der Waals surface area contributed by atoms with E-state index < -0.39 is 0 Å². The van der Waals surface area contributed by atoms with Crippen LogP contribution in [0.5, 0.6) is 0 Å². The molecule has 0 radical (unpaired) electrons. The maximum atomic E-state index is 12.9. The summed E-state index contributed by atoms with van der Waals surface area (Å²) in [4.78, 5) is 33.0. The summed E-state index contributed by atoms with van der Waals surface area (Å²) in [5, 5.41) is 3.96. The number of rotatable bonds is 5. The highest BCUT2D eigenvalue weighted by atomic mass is 16.5. The van der Waals surface area contributed by atoms with Gasteiger partial charge in [0.2, 0.25) is 17.7 Å². The Morgan fingerprint density at radius 2 is 2.14 bits per heavy atom. The number of hydrogen-bond donors (Lipinski definition) is 0. The van der Waals surface area contributed by atoms with Crippen molar-refractivity contribution >= 4 is 17.5 Å². The van der Waals surface area contributed by atoms with Crippen LogP contribution in [-0.4, -0.2) is 59.2 Å². The molecule has 1 atom stereocenters. The van der Waals surface area contributed by atoms with Crippen molar-refractivity contribution in [2.24, 2.45) is 0 Å². The molecule has 28 heavy (non-hydrogen) atoms. The van der Waals surface area contributed by atoms with E-state index in [9.17, 15) is 9.59 Å². The Balaban J connectivity index is 1.40. The summed E-state index contributed by atoms with van der Waals surface area (Å²) in [6, 6.07) is 7.78. The van der Waals surface area contributed by atoms with Gasteiger partial charge in [-0.25, -0.2) is 0 Å². The number of carbonyl (C=O) groups excluding carboxylic acids is 2. The molecule has 2 aliphatic heterocycles. The number of aromatic nitrogens is 2. The molecule has 2 aliphatic rings. The third-order valence-electron chi connectivity index (χ3n) is 5.20. The van der Waals surface area contributed by atoms with Gasteiger partial charge in [-0.15, -0.1) is 0 Å². The van der Waals surface area contributed by atoms with Crippen LogP contribution in [0.25, 0.3) is 0 Å². The van der Waals surface area contributed by atoms with Crippen LogP contribution < -0.4 is 4.90 Å². The summed E-state index contributed by atoms with van der Waals surface area (Å²) in [7, 11) is 0. The van der Waals surface area contributed by atoms with Gasteiger partial charge in [0.1, 0.15) is 6.54 Å². The molecule has 0 spiro atoms. The van der Waals surface area contributed by atoms with Gasteiger partial charge in [-0.1, -0.05) is 30.3 Å². The maximum absolute atomic E-state index is 12.9. The summed E-state index contributed by atoms with van der Waals surface area (Å²) in [6.07, 6.45) is 2.18. The van der Waals surface area contributed by atoms with E-state index in [4.69, 9.17) is 9.26 Å². The summed E-state index contributed by atoms with van der Waals surface area (Å²) in [5.41, 5.74) is 1.95. The van der Waals surface area contributed by atoms with Crippen molar-refractivity contribution in [2.45, 2.75) is 38.7 Å². The predicted molar refractivity (Wildman–Crippen MR) is 101 cm³/mol. The van der Waals surface area contributed by atoms with E-state index in [1.54, 1.807) is 9.80 Å². The van der Waals surface area contributed by atoms with Crippen molar-refractivity contribution in [3.63, 3.8) is 0 Å². The molecule has 0 bridgehead atoms. The van der Waals surface area contributed by atoms with E-state index in [2.05, 4.69) is 10.1 Å². The third-order valence-corrected chi connectivity index (χ3v) is 5.20. The van der Waals surface area contributed by atoms with Gasteiger partial charge in [0.15, 0.2) is 5.82 Å². The van der Waals surface area contributed by atoms with E-state index in [0.717, 1.165) is 17.7 Å². The maximum Gasteiger partial charge on any atom is 0.242 e. The molecule has 3 heterocycles. The fourth-order valence-electron chi connectivity index (χ4n) is 3.69. The highest BCUT2D eigenvalue weighted by Gasteiger charge is 2.30. The van der Waals surface area contributed by atoms with Gasteiger partial charge in [0.25, 0.3) is 0 Å². The Morgan fingerprint density at radius 1 is 1.29 bits per heavy atom. The van der Waals surface area contributed by atoms with Crippen molar-refractivity contribution in [1.29, 1.82) is 0 Å². The minimum atomic E-state index is -0.177. The molecule has 2 amide bonds. The Bertz CT molecular complexity index is 865. The van der Waals surface area contributed by atoms with Gasteiger partial charge in [-0.05, 0) is 18.1 Å². The molecular weight excluding hydrogens is 360 g/mol. The molecule has 4 rings (SSSR count). The topological polar surface area (TPSA) is 88.8 Å². The average molecular weight is 384 g/mol. The Kier molecular flexibility index (Phi) is 5.38. The predicted octanol–water partition coefficient (Wildman–Crippen LogP) is 1.38. The van der Waals surface area contributed by atoms with Gasteiger partial charge in [0, 0.05) is 38.0 Å². The third kappa shape index (κ3) is 3.91.